The number of carbonyl (C=O) groups is 3. The first-order valence-corrected chi connectivity index (χ1v) is 11.6. The Balaban J connectivity index is 1.64. The highest BCUT2D eigenvalue weighted by atomic mass is 16.6. The highest BCUT2D eigenvalue weighted by molar-refractivity contribution is 5.97. The van der Waals surface area contributed by atoms with Gasteiger partial charge in [0.05, 0.1) is 31.3 Å². The Morgan fingerprint density at radius 3 is 2.33 bits per heavy atom. The molecule has 1 aromatic heterocycles. The van der Waals surface area contributed by atoms with Gasteiger partial charge < -0.3 is 23.5 Å². The number of aromatic nitrogens is 1. The van der Waals surface area contributed by atoms with Crippen LogP contribution in [0.4, 0.5) is 4.79 Å². The quantitative estimate of drug-likeness (QED) is 0.276. The number of fused-ring (bicyclic) bond motifs is 1. The third kappa shape index (κ3) is 5.30. The molecule has 2 heterocycles. The summed E-state index contributed by atoms with van der Waals surface area (Å²) in [4.78, 5) is 38.8. The summed E-state index contributed by atoms with van der Waals surface area (Å²) in [5.41, 5.74) is 1.32. The van der Waals surface area contributed by atoms with Crippen LogP contribution in [0.1, 0.15) is 36.7 Å². The van der Waals surface area contributed by atoms with Crippen LogP contribution in [0.15, 0.2) is 54.7 Å². The second-order valence-electron chi connectivity index (χ2n) is 9.56. The van der Waals surface area contributed by atoms with Crippen molar-refractivity contribution in [2.75, 3.05) is 14.2 Å². The van der Waals surface area contributed by atoms with E-state index >= 15 is 0 Å². The molecule has 9 heteroatoms. The molecule has 1 aliphatic heterocycles. The van der Waals surface area contributed by atoms with Gasteiger partial charge in [0.15, 0.2) is 6.04 Å². The van der Waals surface area contributed by atoms with Crippen molar-refractivity contribution in [2.45, 2.75) is 51.6 Å². The molecule has 0 bridgehead atoms. The Kier molecular flexibility index (Phi) is 6.92. The first kappa shape index (κ1) is 25.1. The molecule has 1 amide bonds. The van der Waals surface area contributed by atoms with Gasteiger partial charge in [0.2, 0.25) is 0 Å². The Labute approximate surface area is 209 Å². The van der Waals surface area contributed by atoms with E-state index in [4.69, 9.17) is 18.9 Å². The summed E-state index contributed by atoms with van der Waals surface area (Å²) in [6.07, 6.45) is 1.25. The van der Waals surface area contributed by atoms with Gasteiger partial charge in [-0.3, -0.25) is 4.90 Å². The largest absolute Gasteiger partial charge is 0.488 e. The van der Waals surface area contributed by atoms with Crippen LogP contribution in [0.5, 0.6) is 5.75 Å². The zero-order chi connectivity index (χ0) is 26.0. The number of amides is 1. The van der Waals surface area contributed by atoms with Gasteiger partial charge in [-0.1, -0.05) is 30.3 Å². The maximum Gasteiger partial charge on any atom is 0.411 e. The number of rotatable bonds is 7. The monoisotopic (exact) mass is 494 g/mol. The van der Waals surface area contributed by atoms with Crippen LogP contribution >= 0.6 is 0 Å². The van der Waals surface area contributed by atoms with Crippen molar-refractivity contribution in [3.63, 3.8) is 0 Å². The molecular weight excluding hydrogens is 464 g/mol. The summed E-state index contributed by atoms with van der Waals surface area (Å²) in [5.74, 6) is -0.479. The third-order valence-corrected chi connectivity index (χ3v) is 5.87. The molecule has 1 saturated heterocycles. The van der Waals surface area contributed by atoms with E-state index in [0.717, 1.165) is 10.9 Å². The molecule has 0 aliphatic carbocycles. The maximum atomic E-state index is 12.7. The molecule has 0 saturated carbocycles. The fraction of sp³-hybridized carbons (Fsp3) is 0.370. The summed E-state index contributed by atoms with van der Waals surface area (Å²) in [6, 6.07) is 13.7. The van der Waals surface area contributed by atoms with E-state index in [-0.39, 0.29) is 0 Å². The summed E-state index contributed by atoms with van der Waals surface area (Å²) >= 11 is 0. The molecule has 2 aromatic carbocycles. The number of hydrogen-bond acceptors (Lipinski definition) is 7. The van der Waals surface area contributed by atoms with Gasteiger partial charge in [0, 0.05) is 18.1 Å². The van der Waals surface area contributed by atoms with Crippen molar-refractivity contribution in [2.24, 2.45) is 0 Å². The predicted molar refractivity (Wildman–Crippen MR) is 132 cm³/mol. The molecule has 2 atom stereocenters. The number of nitrogens with zero attached hydrogens (tertiary/aromatic N) is 2. The van der Waals surface area contributed by atoms with Crippen molar-refractivity contribution >= 4 is 28.9 Å². The molecule has 0 radical (unpaired) electrons. The van der Waals surface area contributed by atoms with Gasteiger partial charge in [-0.15, -0.1) is 0 Å². The summed E-state index contributed by atoms with van der Waals surface area (Å²) in [7, 11) is 2.61. The zero-order valence-electron chi connectivity index (χ0n) is 21.0. The molecule has 3 aromatic rings. The van der Waals surface area contributed by atoms with Crippen LogP contribution in [0.2, 0.25) is 0 Å². The number of methoxy groups -OCH3 is 2. The summed E-state index contributed by atoms with van der Waals surface area (Å²) in [6.45, 7) is 5.92. The average Bonchev–Trinajstić information content (AvgIpc) is 3.43. The summed E-state index contributed by atoms with van der Waals surface area (Å²) < 4.78 is 23.3. The van der Waals surface area contributed by atoms with Gasteiger partial charge in [-0.05, 0) is 44.5 Å². The minimum absolute atomic E-state index is 0.297. The number of carbonyl (C=O) groups excluding carboxylic acids is 3. The molecule has 0 N–H and O–H groups in total. The summed E-state index contributed by atoms with van der Waals surface area (Å²) in [5, 5.41) is 0.790. The van der Waals surface area contributed by atoms with E-state index < -0.39 is 35.7 Å². The van der Waals surface area contributed by atoms with Gasteiger partial charge in [0.1, 0.15) is 18.0 Å². The third-order valence-electron chi connectivity index (χ3n) is 5.87. The van der Waals surface area contributed by atoms with Crippen molar-refractivity contribution in [3.8, 4) is 5.75 Å². The topological polar surface area (TPSA) is 96.1 Å². The lowest BCUT2D eigenvalue weighted by Crippen LogP contribution is -2.29. The molecule has 4 rings (SSSR count). The maximum absolute atomic E-state index is 12.7. The molecule has 0 spiro atoms. The van der Waals surface area contributed by atoms with Crippen LogP contribution in [-0.4, -0.2) is 59.4 Å². The minimum atomic E-state index is -0.750. The fourth-order valence-electron chi connectivity index (χ4n) is 4.14. The minimum Gasteiger partial charge on any atom is -0.488 e. The van der Waals surface area contributed by atoms with Gasteiger partial charge >= 0.3 is 18.0 Å². The van der Waals surface area contributed by atoms with Crippen LogP contribution < -0.4 is 4.74 Å². The van der Waals surface area contributed by atoms with Crippen molar-refractivity contribution in [1.82, 2.24) is 9.47 Å². The van der Waals surface area contributed by atoms with Crippen molar-refractivity contribution < 1.29 is 33.3 Å². The molecule has 0 unspecified atom stereocenters. The second kappa shape index (κ2) is 9.93. The molecule has 36 heavy (non-hydrogen) atoms. The number of hydrogen-bond donors (Lipinski definition) is 0. The Morgan fingerprint density at radius 2 is 1.69 bits per heavy atom. The van der Waals surface area contributed by atoms with E-state index in [1.54, 1.807) is 32.9 Å². The molecular formula is C27H30N2O7. The average molecular weight is 495 g/mol. The van der Waals surface area contributed by atoms with E-state index in [0.29, 0.717) is 30.0 Å². The first-order chi connectivity index (χ1) is 17.1. The van der Waals surface area contributed by atoms with Crippen LogP contribution in [-0.2, 0) is 32.2 Å². The lowest BCUT2D eigenvalue weighted by Gasteiger charge is -2.20. The zero-order valence-corrected chi connectivity index (χ0v) is 21.0. The van der Waals surface area contributed by atoms with E-state index in [1.807, 2.05) is 47.2 Å². The van der Waals surface area contributed by atoms with E-state index in [2.05, 4.69) is 0 Å². The number of benzene rings is 2. The van der Waals surface area contributed by atoms with Crippen LogP contribution in [0.3, 0.4) is 0 Å². The number of ether oxygens (including phenoxy) is 4. The van der Waals surface area contributed by atoms with Gasteiger partial charge in [-0.2, -0.15) is 0 Å². The highest BCUT2D eigenvalue weighted by Gasteiger charge is 2.58. The Morgan fingerprint density at radius 1 is 0.972 bits per heavy atom. The van der Waals surface area contributed by atoms with E-state index in [9.17, 15) is 14.4 Å². The molecule has 1 fully saturated rings. The Bertz CT molecular complexity index is 1280. The van der Waals surface area contributed by atoms with Gasteiger partial charge in [-0.25, -0.2) is 14.4 Å². The highest BCUT2D eigenvalue weighted by Crippen LogP contribution is 2.36. The fourth-order valence-corrected chi connectivity index (χ4v) is 4.14. The predicted octanol–water partition coefficient (Wildman–Crippen LogP) is 4.17. The van der Waals surface area contributed by atoms with Crippen molar-refractivity contribution in [3.05, 3.63) is 65.9 Å². The smallest absolute Gasteiger partial charge is 0.411 e. The SMILES string of the molecule is COC(=O)c1cc(OCc2ccccc2)c2ccn(C[C@H]3[C@H](C(=O)OC)N3C(=O)OC(C)(C)C)c2c1. The Hall–Kier alpha value is -4.01. The lowest BCUT2D eigenvalue weighted by atomic mass is 10.1. The lowest BCUT2D eigenvalue weighted by molar-refractivity contribution is -0.141. The van der Waals surface area contributed by atoms with E-state index in [1.165, 1.54) is 19.1 Å². The van der Waals surface area contributed by atoms with Crippen molar-refractivity contribution in [1.29, 1.82) is 0 Å². The van der Waals surface area contributed by atoms with Gasteiger partial charge in [0.25, 0.3) is 0 Å². The first-order valence-electron chi connectivity index (χ1n) is 11.6. The second-order valence-corrected chi connectivity index (χ2v) is 9.56. The molecule has 190 valence electrons. The standard InChI is InChI=1S/C27H30N2O7/c1-27(2,3)36-26(32)29-21(23(29)25(31)34-5)15-28-12-11-19-20(28)13-18(24(30)33-4)14-22(19)35-16-17-9-7-6-8-10-17/h6-14,21,23H,15-16H2,1-5H3/t21-,23+,29?/m0/s1. The van der Waals surface area contributed by atoms with Crippen LogP contribution in [0, 0.1) is 0 Å². The molecule has 9 nitrogen and oxygen atoms in total. The molecule has 1 aliphatic rings. The normalized spacial score (nSPS) is 17.0. The van der Waals surface area contributed by atoms with Crippen LogP contribution in [0.25, 0.3) is 10.9 Å². The number of esters is 2.